The Bertz CT molecular complexity index is 692. The van der Waals surface area contributed by atoms with Crippen LogP contribution >= 0.6 is 0 Å². The van der Waals surface area contributed by atoms with Gasteiger partial charge < -0.3 is 9.84 Å². The third kappa shape index (κ3) is 1.48. The third-order valence-corrected chi connectivity index (χ3v) is 6.80. The molecule has 4 atom stereocenters. The van der Waals surface area contributed by atoms with Crippen molar-refractivity contribution in [2.45, 2.75) is 70.0 Å². The van der Waals surface area contributed by atoms with Gasteiger partial charge in [0.25, 0.3) is 0 Å². The predicted molar refractivity (Wildman–Crippen MR) is 82.1 cm³/mol. The van der Waals surface area contributed by atoms with Crippen molar-refractivity contribution in [3.63, 3.8) is 0 Å². The Kier molecular flexibility index (Phi) is 2.47. The zero-order chi connectivity index (χ0) is 15.1. The second-order valence-corrected chi connectivity index (χ2v) is 7.82. The third-order valence-electron chi connectivity index (χ3n) is 6.80. The van der Waals surface area contributed by atoms with Gasteiger partial charge in [-0.1, -0.05) is 6.92 Å². The Morgan fingerprint density at radius 1 is 1.23 bits per heavy atom. The summed E-state index contributed by atoms with van der Waals surface area (Å²) in [6, 6.07) is 1.99. The molecule has 2 bridgehead atoms. The first-order chi connectivity index (χ1) is 10.6. The maximum atomic E-state index is 12.4. The summed E-state index contributed by atoms with van der Waals surface area (Å²) >= 11 is 0. The Labute approximate surface area is 130 Å². The SMILES string of the molecule is C[C@]12CCc3c(cc(O)c4c3[C@H]3CC[C@@H](C4)O3)[C@@H]1CCC2=O. The van der Waals surface area contributed by atoms with Crippen molar-refractivity contribution >= 4 is 5.78 Å². The molecule has 2 heterocycles. The number of rotatable bonds is 0. The molecule has 0 amide bonds. The molecule has 3 nitrogen and oxygen atoms in total. The van der Waals surface area contributed by atoms with Crippen LogP contribution in [0.15, 0.2) is 6.07 Å². The van der Waals surface area contributed by atoms with Gasteiger partial charge in [-0.25, -0.2) is 0 Å². The lowest BCUT2D eigenvalue weighted by atomic mass is 9.65. The minimum atomic E-state index is -0.207. The van der Waals surface area contributed by atoms with Gasteiger partial charge in [0.1, 0.15) is 11.5 Å². The van der Waals surface area contributed by atoms with E-state index in [1.165, 1.54) is 16.7 Å². The monoisotopic (exact) mass is 298 g/mol. The number of carbonyl (C=O) groups excluding carboxylic acids is 1. The first-order valence-corrected chi connectivity index (χ1v) is 8.64. The Hall–Kier alpha value is -1.35. The zero-order valence-electron chi connectivity index (χ0n) is 13.0. The number of hydrogen-bond donors (Lipinski definition) is 1. The highest BCUT2D eigenvalue weighted by Gasteiger charge is 2.50. The van der Waals surface area contributed by atoms with E-state index < -0.39 is 0 Å². The normalized spacial score (nSPS) is 38.6. The first-order valence-electron chi connectivity index (χ1n) is 8.64. The van der Waals surface area contributed by atoms with Gasteiger partial charge in [-0.15, -0.1) is 0 Å². The zero-order valence-corrected chi connectivity index (χ0v) is 13.0. The largest absolute Gasteiger partial charge is 0.508 e. The predicted octanol–water partition coefficient (Wildman–Crippen LogP) is 3.57. The molecule has 0 unspecified atom stereocenters. The quantitative estimate of drug-likeness (QED) is 0.796. The lowest BCUT2D eigenvalue weighted by Gasteiger charge is -2.39. The molecule has 2 aliphatic heterocycles. The van der Waals surface area contributed by atoms with Crippen molar-refractivity contribution < 1.29 is 14.6 Å². The number of hydrogen-bond acceptors (Lipinski definition) is 3. The molecular weight excluding hydrogens is 276 g/mol. The van der Waals surface area contributed by atoms with Gasteiger partial charge in [0.15, 0.2) is 0 Å². The number of carbonyl (C=O) groups is 1. The van der Waals surface area contributed by atoms with Gasteiger partial charge in [-0.2, -0.15) is 0 Å². The molecule has 3 heteroatoms. The fraction of sp³-hybridized carbons (Fsp3) is 0.632. The number of aromatic hydroxyl groups is 1. The molecular formula is C19H22O3. The fourth-order valence-electron chi connectivity index (χ4n) is 5.56. The van der Waals surface area contributed by atoms with Crippen LogP contribution in [-0.2, 0) is 22.4 Å². The van der Waals surface area contributed by atoms with Crippen molar-refractivity contribution in [1.82, 2.24) is 0 Å². The average molecular weight is 298 g/mol. The number of benzene rings is 1. The first kappa shape index (κ1) is 13.1. The molecule has 1 aromatic rings. The number of fused-ring (bicyclic) bond motifs is 8. The second kappa shape index (κ2) is 4.14. The maximum absolute atomic E-state index is 12.4. The van der Waals surface area contributed by atoms with E-state index in [-0.39, 0.29) is 11.5 Å². The van der Waals surface area contributed by atoms with E-state index in [2.05, 4.69) is 6.92 Å². The molecule has 4 aliphatic rings. The summed E-state index contributed by atoms with van der Waals surface area (Å²) in [6.45, 7) is 2.13. The molecule has 2 aliphatic carbocycles. The lowest BCUT2D eigenvalue weighted by Crippen LogP contribution is -2.34. The van der Waals surface area contributed by atoms with Gasteiger partial charge in [-0.05, 0) is 60.8 Å². The van der Waals surface area contributed by atoms with Crippen molar-refractivity contribution in [3.8, 4) is 5.75 Å². The van der Waals surface area contributed by atoms with Gasteiger partial charge >= 0.3 is 0 Å². The van der Waals surface area contributed by atoms with Crippen molar-refractivity contribution in [2.75, 3.05) is 0 Å². The van der Waals surface area contributed by atoms with E-state index in [1.807, 2.05) is 6.07 Å². The number of phenols is 1. The lowest BCUT2D eigenvalue weighted by molar-refractivity contribution is -0.126. The summed E-state index contributed by atoms with van der Waals surface area (Å²) < 4.78 is 6.12. The summed E-state index contributed by atoms with van der Waals surface area (Å²) in [4.78, 5) is 12.4. The summed E-state index contributed by atoms with van der Waals surface area (Å²) in [6.07, 6.45) is 7.06. The van der Waals surface area contributed by atoms with Crippen LogP contribution in [0.2, 0.25) is 0 Å². The minimum absolute atomic E-state index is 0.177. The second-order valence-electron chi connectivity index (χ2n) is 7.82. The molecule has 5 rings (SSSR count). The van der Waals surface area contributed by atoms with Crippen molar-refractivity contribution in [2.24, 2.45) is 5.41 Å². The molecule has 2 fully saturated rings. The van der Waals surface area contributed by atoms with E-state index in [0.29, 0.717) is 30.0 Å². The van der Waals surface area contributed by atoms with Crippen LogP contribution in [-0.4, -0.2) is 17.0 Å². The average Bonchev–Trinajstić information content (AvgIpc) is 3.02. The molecule has 22 heavy (non-hydrogen) atoms. The van der Waals surface area contributed by atoms with E-state index in [1.54, 1.807) is 0 Å². The minimum Gasteiger partial charge on any atom is -0.508 e. The Balaban J connectivity index is 1.72. The van der Waals surface area contributed by atoms with Crippen LogP contribution in [0.5, 0.6) is 5.75 Å². The molecule has 1 saturated carbocycles. The molecule has 0 radical (unpaired) electrons. The van der Waals surface area contributed by atoms with Crippen LogP contribution in [0, 0.1) is 5.41 Å². The number of Topliss-reactive ketones (excluding diaryl/α,β-unsaturated/α-hetero) is 1. The van der Waals surface area contributed by atoms with E-state index >= 15 is 0 Å². The van der Waals surface area contributed by atoms with Crippen molar-refractivity contribution in [1.29, 1.82) is 0 Å². The standard InChI is InChI=1S/C19H22O3/c1-19-7-6-11-12(14(19)3-5-17(19)21)9-15(20)13-8-10-2-4-16(22-10)18(11)13/h9-10,14,16,20H,2-8H2,1H3/t10-,14-,16+,19-/m0/s1. The number of ether oxygens (including phenoxy) is 1. The van der Waals surface area contributed by atoms with Crippen LogP contribution in [0.1, 0.15) is 73.3 Å². The van der Waals surface area contributed by atoms with Gasteiger partial charge in [0.05, 0.1) is 12.2 Å². The summed E-state index contributed by atoms with van der Waals surface area (Å²) in [5, 5.41) is 10.6. The fourth-order valence-corrected chi connectivity index (χ4v) is 5.56. The summed E-state index contributed by atoms with van der Waals surface area (Å²) in [5.41, 5.74) is 4.84. The Morgan fingerprint density at radius 3 is 2.95 bits per heavy atom. The molecule has 116 valence electrons. The van der Waals surface area contributed by atoms with Crippen molar-refractivity contribution in [3.05, 3.63) is 28.3 Å². The van der Waals surface area contributed by atoms with Gasteiger partial charge in [0.2, 0.25) is 0 Å². The highest BCUT2D eigenvalue weighted by atomic mass is 16.5. The van der Waals surface area contributed by atoms with E-state index in [4.69, 9.17) is 4.74 Å². The summed E-state index contributed by atoms with van der Waals surface area (Å²) in [5.74, 6) is 1.15. The molecule has 0 spiro atoms. The van der Waals surface area contributed by atoms with E-state index in [0.717, 1.165) is 44.1 Å². The van der Waals surface area contributed by atoms with Crippen LogP contribution < -0.4 is 0 Å². The molecule has 1 saturated heterocycles. The van der Waals surface area contributed by atoms with Crippen LogP contribution in [0.4, 0.5) is 0 Å². The summed E-state index contributed by atoms with van der Waals surface area (Å²) in [7, 11) is 0. The molecule has 1 aromatic carbocycles. The van der Waals surface area contributed by atoms with Crippen LogP contribution in [0.25, 0.3) is 0 Å². The van der Waals surface area contributed by atoms with Crippen LogP contribution in [0.3, 0.4) is 0 Å². The van der Waals surface area contributed by atoms with Gasteiger partial charge in [0, 0.05) is 23.8 Å². The topological polar surface area (TPSA) is 46.5 Å². The highest BCUT2D eigenvalue weighted by molar-refractivity contribution is 5.88. The van der Waals surface area contributed by atoms with Gasteiger partial charge in [-0.3, -0.25) is 4.79 Å². The van der Waals surface area contributed by atoms with E-state index in [9.17, 15) is 9.90 Å². The molecule has 1 N–H and O–H groups in total. The Morgan fingerprint density at radius 2 is 2.09 bits per heavy atom. The molecule has 0 aromatic heterocycles. The highest BCUT2D eigenvalue weighted by Crippen LogP contribution is 2.57. The maximum Gasteiger partial charge on any atom is 0.139 e. The number of phenolic OH excluding ortho intramolecular Hbond substituents is 1. The number of ketones is 1. The smallest absolute Gasteiger partial charge is 0.139 e.